The number of pyridine rings is 1. The zero-order chi connectivity index (χ0) is 15.6. The molecule has 3 N–H and O–H groups in total. The molecule has 2 aromatic rings. The summed E-state index contributed by atoms with van der Waals surface area (Å²) >= 11 is 3.36. The summed E-state index contributed by atoms with van der Waals surface area (Å²) < 4.78 is 0.596. The second-order valence-electron chi connectivity index (χ2n) is 4.72. The summed E-state index contributed by atoms with van der Waals surface area (Å²) in [6.07, 6.45) is 1.26. The van der Waals surface area contributed by atoms with Crippen LogP contribution in [0.15, 0.2) is 34.9 Å². The van der Waals surface area contributed by atoms with Crippen LogP contribution >= 0.6 is 15.9 Å². The van der Waals surface area contributed by atoms with E-state index < -0.39 is 4.92 Å². The average Bonchev–Trinajstić information content (AvgIpc) is 2.44. The fraction of sp³-hybridized carbons (Fsp3) is 0.214. The Bertz CT molecular complexity index is 673. The lowest BCUT2D eigenvalue weighted by Crippen LogP contribution is -2.09. The molecule has 0 aliphatic carbocycles. The number of nitrogens with two attached hydrogens (primary N) is 1. The van der Waals surface area contributed by atoms with Gasteiger partial charge in [0, 0.05) is 17.3 Å². The summed E-state index contributed by atoms with van der Waals surface area (Å²) in [5.74, 6) is 0.572. The van der Waals surface area contributed by atoms with Gasteiger partial charge in [-0.05, 0) is 47.5 Å². The molecule has 21 heavy (non-hydrogen) atoms. The first-order valence-electron chi connectivity index (χ1n) is 6.31. The minimum absolute atomic E-state index is 0.00439. The molecule has 1 aromatic heterocycles. The molecule has 2 rings (SSSR count). The van der Waals surface area contributed by atoms with Crippen molar-refractivity contribution in [1.82, 2.24) is 4.98 Å². The van der Waals surface area contributed by atoms with Gasteiger partial charge in [0.2, 0.25) is 0 Å². The van der Waals surface area contributed by atoms with E-state index in [-0.39, 0.29) is 11.7 Å². The number of halogens is 1. The first-order valence-corrected chi connectivity index (χ1v) is 7.11. The molecule has 1 heterocycles. The number of aromatic nitrogens is 1. The van der Waals surface area contributed by atoms with Gasteiger partial charge < -0.3 is 11.1 Å². The number of hydrogen-bond donors (Lipinski definition) is 2. The van der Waals surface area contributed by atoms with Crippen LogP contribution in [0.25, 0.3) is 0 Å². The summed E-state index contributed by atoms with van der Waals surface area (Å²) in [4.78, 5) is 14.5. The molecule has 0 aliphatic rings. The highest BCUT2D eigenvalue weighted by atomic mass is 79.9. The second kappa shape index (κ2) is 6.09. The Morgan fingerprint density at radius 1 is 1.38 bits per heavy atom. The summed E-state index contributed by atoms with van der Waals surface area (Å²) in [6.45, 7) is 3.67. The standard InChI is InChI=1S/C14H15BrN4O2/c1-8-12(19(20)21)7-17-14(13(8)15)18-9(2)10-3-5-11(16)6-4-10/h3-7,9H,16H2,1-2H3,(H,17,18). The van der Waals surface area contributed by atoms with Crippen molar-refractivity contribution in [3.63, 3.8) is 0 Å². The Morgan fingerprint density at radius 3 is 2.57 bits per heavy atom. The van der Waals surface area contributed by atoms with Gasteiger partial charge in [-0.15, -0.1) is 0 Å². The van der Waals surface area contributed by atoms with Gasteiger partial charge in [0.1, 0.15) is 12.0 Å². The molecule has 0 aliphatic heterocycles. The van der Waals surface area contributed by atoms with Crippen LogP contribution in [0.1, 0.15) is 24.1 Å². The van der Waals surface area contributed by atoms with E-state index in [0.717, 1.165) is 5.56 Å². The maximum absolute atomic E-state index is 10.9. The van der Waals surface area contributed by atoms with Crippen LogP contribution < -0.4 is 11.1 Å². The molecule has 1 unspecified atom stereocenters. The summed E-state index contributed by atoms with van der Waals surface area (Å²) in [5.41, 5.74) is 7.96. The first-order chi connectivity index (χ1) is 9.90. The summed E-state index contributed by atoms with van der Waals surface area (Å²) in [5, 5.41) is 14.1. The maximum atomic E-state index is 10.9. The van der Waals surface area contributed by atoms with Crippen LogP contribution in [0.5, 0.6) is 0 Å². The zero-order valence-corrected chi connectivity index (χ0v) is 13.2. The lowest BCUT2D eigenvalue weighted by Gasteiger charge is -2.17. The van der Waals surface area contributed by atoms with E-state index in [2.05, 4.69) is 26.2 Å². The fourth-order valence-corrected chi connectivity index (χ4v) is 2.35. The topological polar surface area (TPSA) is 94.1 Å². The highest BCUT2D eigenvalue weighted by molar-refractivity contribution is 9.10. The Labute approximate surface area is 130 Å². The number of hydrogen-bond acceptors (Lipinski definition) is 5. The predicted octanol–water partition coefficient (Wildman–Crippen LogP) is 3.82. The van der Waals surface area contributed by atoms with Crippen molar-refractivity contribution >= 4 is 33.1 Å². The smallest absolute Gasteiger partial charge is 0.291 e. The van der Waals surface area contributed by atoms with Crippen LogP contribution in [-0.2, 0) is 0 Å². The maximum Gasteiger partial charge on any atom is 0.291 e. The minimum atomic E-state index is -0.444. The molecule has 0 fully saturated rings. The van der Waals surface area contributed by atoms with Gasteiger partial charge in [-0.25, -0.2) is 4.98 Å². The molecule has 0 radical (unpaired) electrons. The van der Waals surface area contributed by atoms with Crippen LogP contribution in [0.2, 0.25) is 0 Å². The SMILES string of the molecule is Cc1c([N+](=O)[O-])cnc(NC(C)c2ccc(N)cc2)c1Br. The number of rotatable bonds is 4. The number of benzene rings is 1. The zero-order valence-electron chi connectivity index (χ0n) is 11.6. The average molecular weight is 351 g/mol. The van der Waals surface area contributed by atoms with E-state index in [1.165, 1.54) is 6.20 Å². The third kappa shape index (κ3) is 3.30. The molecule has 0 amide bonds. The van der Waals surface area contributed by atoms with Crippen molar-refractivity contribution in [2.75, 3.05) is 11.1 Å². The van der Waals surface area contributed by atoms with Gasteiger partial charge in [-0.1, -0.05) is 12.1 Å². The normalized spacial score (nSPS) is 12.0. The van der Waals surface area contributed by atoms with Gasteiger partial charge in [-0.3, -0.25) is 10.1 Å². The van der Waals surface area contributed by atoms with E-state index in [1.807, 2.05) is 31.2 Å². The lowest BCUT2D eigenvalue weighted by molar-refractivity contribution is -0.385. The third-order valence-corrected chi connectivity index (χ3v) is 4.19. The monoisotopic (exact) mass is 350 g/mol. The van der Waals surface area contributed by atoms with E-state index in [1.54, 1.807) is 6.92 Å². The van der Waals surface area contributed by atoms with Crippen molar-refractivity contribution in [3.05, 3.63) is 56.2 Å². The third-order valence-electron chi connectivity index (χ3n) is 3.22. The molecule has 1 aromatic carbocycles. The van der Waals surface area contributed by atoms with Crippen LogP contribution in [-0.4, -0.2) is 9.91 Å². The number of nitrogens with one attached hydrogen (secondary N) is 1. The van der Waals surface area contributed by atoms with Crippen molar-refractivity contribution in [1.29, 1.82) is 0 Å². The number of nitrogens with zero attached hydrogens (tertiary/aromatic N) is 2. The molecular weight excluding hydrogens is 336 g/mol. The highest BCUT2D eigenvalue weighted by Crippen LogP contribution is 2.32. The van der Waals surface area contributed by atoms with E-state index in [0.29, 0.717) is 21.5 Å². The van der Waals surface area contributed by atoms with Gasteiger partial charge in [0.15, 0.2) is 0 Å². The van der Waals surface area contributed by atoms with E-state index in [4.69, 9.17) is 5.73 Å². The first kappa shape index (κ1) is 15.2. The van der Waals surface area contributed by atoms with Gasteiger partial charge >= 0.3 is 0 Å². The minimum Gasteiger partial charge on any atom is -0.399 e. The molecule has 6 nitrogen and oxygen atoms in total. The van der Waals surface area contributed by atoms with E-state index >= 15 is 0 Å². The van der Waals surface area contributed by atoms with E-state index in [9.17, 15) is 10.1 Å². The van der Waals surface area contributed by atoms with Gasteiger partial charge in [0.25, 0.3) is 5.69 Å². The Kier molecular flexibility index (Phi) is 4.42. The van der Waals surface area contributed by atoms with Crippen molar-refractivity contribution in [3.8, 4) is 0 Å². The number of anilines is 2. The fourth-order valence-electron chi connectivity index (χ4n) is 1.93. The largest absolute Gasteiger partial charge is 0.399 e. The van der Waals surface area contributed by atoms with Crippen molar-refractivity contribution < 1.29 is 4.92 Å². The number of nitrogen functional groups attached to an aromatic ring is 1. The van der Waals surface area contributed by atoms with Gasteiger partial charge in [0.05, 0.1) is 9.40 Å². The van der Waals surface area contributed by atoms with Gasteiger partial charge in [-0.2, -0.15) is 0 Å². The van der Waals surface area contributed by atoms with Crippen LogP contribution in [0.3, 0.4) is 0 Å². The van der Waals surface area contributed by atoms with Crippen LogP contribution in [0, 0.1) is 17.0 Å². The molecule has 0 spiro atoms. The highest BCUT2D eigenvalue weighted by Gasteiger charge is 2.18. The molecular formula is C14H15BrN4O2. The summed E-state index contributed by atoms with van der Waals surface area (Å²) in [7, 11) is 0. The molecule has 0 saturated heterocycles. The number of nitro groups is 1. The Hall–Kier alpha value is -2.15. The second-order valence-corrected chi connectivity index (χ2v) is 5.51. The molecule has 110 valence electrons. The van der Waals surface area contributed by atoms with Crippen LogP contribution in [0.4, 0.5) is 17.2 Å². The van der Waals surface area contributed by atoms with Crippen molar-refractivity contribution in [2.45, 2.75) is 19.9 Å². The predicted molar refractivity (Wildman–Crippen MR) is 86.2 cm³/mol. The molecule has 0 bridgehead atoms. The Morgan fingerprint density at radius 2 is 2.00 bits per heavy atom. The Balaban J connectivity index is 2.25. The summed E-state index contributed by atoms with van der Waals surface area (Å²) in [6, 6.07) is 7.52. The molecule has 7 heteroatoms. The quantitative estimate of drug-likeness (QED) is 0.496. The molecule has 0 saturated carbocycles. The lowest BCUT2D eigenvalue weighted by atomic mass is 10.1. The van der Waals surface area contributed by atoms with Crippen molar-refractivity contribution in [2.24, 2.45) is 0 Å². The molecule has 1 atom stereocenters.